The van der Waals surface area contributed by atoms with E-state index in [0.717, 1.165) is 5.69 Å². The van der Waals surface area contributed by atoms with Crippen molar-refractivity contribution in [1.82, 2.24) is 4.90 Å². The molecule has 1 aromatic carbocycles. The third kappa shape index (κ3) is 4.44. The molecule has 1 atom stereocenters. The molecule has 1 aliphatic heterocycles. The standard InChI is InChI=1S/C17H22N4O3/c1-17(2,3)24-16(22)21-10-8-20(9-11-21)14-6-4-13(5-7-14)15(12-18)19-23/h4-7,15H,8-11H2,1-3H3. The summed E-state index contributed by atoms with van der Waals surface area (Å²) in [4.78, 5) is 26.5. The van der Waals surface area contributed by atoms with Crippen LogP contribution in [0.5, 0.6) is 0 Å². The summed E-state index contributed by atoms with van der Waals surface area (Å²) in [5, 5.41) is 11.7. The van der Waals surface area contributed by atoms with Gasteiger partial charge in [0.25, 0.3) is 0 Å². The summed E-state index contributed by atoms with van der Waals surface area (Å²) in [6.45, 7) is 8.14. The molecule has 0 N–H and O–H groups in total. The zero-order chi connectivity index (χ0) is 17.7. The van der Waals surface area contributed by atoms with Gasteiger partial charge in [0, 0.05) is 31.9 Å². The molecule has 2 rings (SSSR count). The Bertz CT molecular complexity index is 623. The number of amides is 1. The first-order valence-corrected chi connectivity index (χ1v) is 7.89. The smallest absolute Gasteiger partial charge is 0.410 e. The Labute approximate surface area is 141 Å². The van der Waals surface area contributed by atoms with Gasteiger partial charge in [-0.3, -0.25) is 0 Å². The molecule has 128 valence electrons. The molecule has 7 nitrogen and oxygen atoms in total. The van der Waals surface area contributed by atoms with E-state index in [1.54, 1.807) is 17.0 Å². The second kappa shape index (κ2) is 7.30. The second-order valence-electron chi connectivity index (χ2n) is 6.68. The van der Waals surface area contributed by atoms with Gasteiger partial charge in [0.15, 0.2) is 0 Å². The highest BCUT2D eigenvalue weighted by Gasteiger charge is 2.26. The summed E-state index contributed by atoms with van der Waals surface area (Å²) < 4.78 is 5.38. The number of anilines is 1. The molecule has 1 amide bonds. The van der Waals surface area contributed by atoms with Crippen molar-refractivity contribution in [2.75, 3.05) is 31.1 Å². The minimum Gasteiger partial charge on any atom is -0.444 e. The predicted molar refractivity (Wildman–Crippen MR) is 90.6 cm³/mol. The molecule has 1 unspecified atom stereocenters. The van der Waals surface area contributed by atoms with E-state index >= 15 is 0 Å². The zero-order valence-corrected chi connectivity index (χ0v) is 14.2. The zero-order valence-electron chi connectivity index (χ0n) is 14.2. The predicted octanol–water partition coefficient (Wildman–Crippen LogP) is 3.07. The van der Waals surface area contributed by atoms with Crippen LogP contribution in [-0.2, 0) is 4.74 Å². The Morgan fingerprint density at radius 2 is 1.79 bits per heavy atom. The maximum atomic E-state index is 12.1. The van der Waals surface area contributed by atoms with Crippen LogP contribution in [0.1, 0.15) is 32.4 Å². The van der Waals surface area contributed by atoms with E-state index < -0.39 is 11.6 Å². The average Bonchev–Trinajstić information content (AvgIpc) is 2.55. The van der Waals surface area contributed by atoms with E-state index in [0.29, 0.717) is 31.7 Å². The molecule has 1 saturated heterocycles. The second-order valence-corrected chi connectivity index (χ2v) is 6.68. The van der Waals surface area contributed by atoms with Crippen molar-refractivity contribution >= 4 is 11.8 Å². The van der Waals surface area contributed by atoms with Crippen molar-refractivity contribution in [3.8, 4) is 6.07 Å². The van der Waals surface area contributed by atoms with Crippen molar-refractivity contribution in [1.29, 1.82) is 5.26 Å². The van der Waals surface area contributed by atoms with Gasteiger partial charge in [0.05, 0.1) is 6.07 Å². The normalized spacial score (nSPS) is 16.2. The lowest BCUT2D eigenvalue weighted by atomic mass is 10.1. The molecule has 0 radical (unpaired) electrons. The molecule has 0 aliphatic carbocycles. The van der Waals surface area contributed by atoms with Crippen LogP contribution in [0, 0.1) is 16.2 Å². The number of nitriles is 1. The molecular formula is C17H22N4O3. The van der Waals surface area contributed by atoms with Crippen LogP contribution in [0.15, 0.2) is 29.4 Å². The number of benzene rings is 1. The van der Waals surface area contributed by atoms with Crippen LogP contribution in [0.2, 0.25) is 0 Å². The van der Waals surface area contributed by atoms with Gasteiger partial charge in [-0.15, -0.1) is 4.91 Å². The molecule has 0 saturated carbocycles. The molecule has 0 aromatic heterocycles. The summed E-state index contributed by atoms with van der Waals surface area (Å²) in [5.74, 6) is 0. The first kappa shape index (κ1) is 17.7. The molecule has 7 heteroatoms. The summed E-state index contributed by atoms with van der Waals surface area (Å²) in [7, 11) is 0. The Morgan fingerprint density at radius 3 is 2.25 bits per heavy atom. The highest BCUT2D eigenvalue weighted by molar-refractivity contribution is 5.68. The maximum absolute atomic E-state index is 12.1. The van der Waals surface area contributed by atoms with Crippen LogP contribution in [0.4, 0.5) is 10.5 Å². The Kier molecular flexibility index (Phi) is 5.39. The van der Waals surface area contributed by atoms with Crippen LogP contribution >= 0.6 is 0 Å². The van der Waals surface area contributed by atoms with Crippen molar-refractivity contribution in [3.63, 3.8) is 0 Å². The Hall–Kier alpha value is -2.62. The number of carbonyl (C=O) groups excluding carboxylic acids is 1. The molecule has 1 aliphatic rings. The third-order valence-corrected chi connectivity index (χ3v) is 3.73. The third-order valence-electron chi connectivity index (χ3n) is 3.73. The first-order chi connectivity index (χ1) is 11.3. The molecule has 0 bridgehead atoms. The van der Waals surface area contributed by atoms with Crippen molar-refractivity contribution < 1.29 is 9.53 Å². The summed E-state index contributed by atoms with van der Waals surface area (Å²) in [6.07, 6.45) is -0.286. The Morgan fingerprint density at radius 1 is 1.21 bits per heavy atom. The van der Waals surface area contributed by atoms with Gasteiger partial charge in [-0.05, 0) is 43.6 Å². The highest BCUT2D eigenvalue weighted by atomic mass is 16.6. The number of carbonyl (C=O) groups is 1. The first-order valence-electron chi connectivity index (χ1n) is 7.89. The minimum atomic E-state index is -0.969. The van der Waals surface area contributed by atoms with E-state index in [-0.39, 0.29) is 6.09 Å². The molecular weight excluding hydrogens is 308 g/mol. The number of nitroso groups, excluding NO2 is 1. The lowest BCUT2D eigenvalue weighted by Gasteiger charge is -2.36. The van der Waals surface area contributed by atoms with Gasteiger partial charge in [-0.25, -0.2) is 4.79 Å². The fraction of sp³-hybridized carbons (Fsp3) is 0.529. The van der Waals surface area contributed by atoms with Crippen LogP contribution in [0.25, 0.3) is 0 Å². The molecule has 1 heterocycles. The summed E-state index contributed by atoms with van der Waals surface area (Å²) >= 11 is 0. The van der Waals surface area contributed by atoms with Gasteiger partial charge >= 0.3 is 6.09 Å². The van der Waals surface area contributed by atoms with Gasteiger partial charge < -0.3 is 14.5 Å². The minimum absolute atomic E-state index is 0.286. The van der Waals surface area contributed by atoms with Crippen LogP contribution in [0.3, 0.4) is 0 Å². The maximum Gasteiger partial charge on any atom is 0.410 e. The number of rotatable bonds is 3. The van der Waals surface area contributed by atoms with Crippen LogP contribution in [-0.4, -0.2) is 42.8 Å². The molecule has 1 aromatic rings. The number of ether oxygens (including phenoxy) is 1. The number of hydrogen-bond donors (Lipinski definition) is 0. The SMILES string of the molecule is CC(C)(C)OC(=O)N1CCN(c2ccc(C(C#N)N=O)cc2)CC1. The van der Waals surface area contributed by atoms with Crippen molar-refractivity contribution in [2.45, 2.75) is 32.4 Å². The average molecular weight is 330 g/mol. The number of hydrogen-bond acceptors (Lipinski definition) is 6. The fourth-order valence-corrected chi connectivity index (χ4v) is 2.50. The van der Waals surface area contributed by atoms with Gasteiger partial charge in [0.2, 0.25) is 6.04 Å². The highest BCUT2D eigenvalue weighted by Crippen LogP contribution is 2.22. The largest absolute Gasteiger partial charge is 0.444 e. The fourth-order valence-electron chi connectivity index (χ4n) is 2.50. The summed E-state index contributed by atoms with van der Waals surface area (Å²) in [5.41, 5.74) is 1.09. The summed E-state index contributed by atoms with van der Waals surface area (Å²) in [6, 6.07) is 8.10. The quantitative estimate of drug-likeness (QED) is 0.795. The topological polar surface area (TPSA) is 86.0 Å². The van der Waals surface area contributed by atoms with Gasteiger partial charge in [0.1, 0.15) is 5.60 Å². The van der Waals surface area contributed by atoms with E-state index in [4.69, 9.17) is 10.00 Å². The Balaban J connectivity index is 1.94. The monoisotopic (exact) mass is 330 g/mol. The van der Waals surface area contributed by atoms with E-state index in [9.17, 15) is 9.70 Å². The van der Waals surface area contributed by atoms with Gasteiger partial charge in [-0.2, -0.15) is 5.26 Å². The van der Waals surface area contributed by atoms with Gasteiger partial charge in [-0.1, -0.05) is 12.1 Å². The van der Waals surface area contributed by atoms with Crippen LogP contribution < -0.4 is 4.90 Å². The van der Waals surface area contributed by atoms with E-state index in [1.165, 1.54) is 0 Å². The molecule has 0 spiro atoms. The lowest BCUT2D eigenvalue weighted by molar-refractivity contribution is 0.0240. The van der Waals surface area contributed by atoms with E-state index in [1.807, 2.05) is 39.0 Å². The molecule has 24 heavy (non-hydrogen) atoms. The molecule has 1 fully saturated rings. The van der Waals surface area contributed by atoms with E-state index in [2.05, 4.69) is 10.1 Å². The number of piperazine rings is 1. The van der Waals surface area contributed by atoms with Crippen molar-refractivity contribution in [2.24, 2.45) is 5.18 Å². The lowest BCUT2D eigenvalue weighted by Crippen LogP contribution is -2.50. The number of nitrogens with zero attached hydrogens (tertiary/aromatic N) is 4. The van der Waals surface area contributed by atoms with Crippen molar-refractivity contribution in [3.05, 3.63) is 34.7 Å².